The maximum Gasteiger partial charge on any atom is 0.337 e. The Morgan fingerprint density at radius 2 is 2.05 bits per heavy atom. The predicted molar refractivity (Wildman–Crippen MR) is 66.7 cm³/mol. The van der Waals surface area contributed by atoms with Crippen LogP contribution in [0.1, 0.15) is 10.4 Å². The van der Waals surface area contributed by atoms with Crippen molar-refractivity contribution in [3.8, 4) is 0 Å². The van der Waals surface area contributed by atoms with Crippen molar-refractivity contribution < 1.29 is 18.7 Å². The maximum absolute atomic E-state index is 13.4. The molecule has 0 aliphatic rings. The Kier molecular flexibility index (Phi) is 4.01. The van der Waals surface area contributed by atoms with E-state index in [1.54, 1.807) is 0 Å². The summed E-state index contributed by atoms with van der Waals surface area (Å²) in [4.78, 5) is 14.9. The fourth-order valence-electron chi connectivity index (χ4n) is 1.31. The molecule has 0 atom stereocenters. The van der Waals surface area contributed by atoms with Gasteiger partial charge >= 0.3 is 5.97 Å². The van der Waals surface area contributed by atoms with Crippen molar-refractivity contribution in [2.24, 2.45) is 0 Å². The molecule has 0 saturated carbocycles. The van der Waals surface area contributed by atoms with Crippen LogP contribution in [-0.2, 0) is 0 Å². The molecule has 0 aliphatic heterocycles. The Morgan fingerprint density at radius 3 is 2.68 bits per heavy atom. The van der Waals surface area contributed by atoms with E-state index in [4.69, 9.17) is 16.7 Å². The molecule has 1 aromatic carbocycles. The highest BCUT2D eigenvalue weighted by Crippen LogP contribution is 2.30. The minimum absolute atomic E-state index is 0.00331. The molecule has 0 spiro atoms. The van der Waals surface area contributed by atoms with Crippen LogP contribution >= 0.6 is 23.4 Å². The summed E-state index contributed by atoms with van der Waals surface area (Å²) < 4.78 is 26.2. The number of hydrogen-bond acceptors (Lipinski definition) is 3. The third kappa shape index (κ3) is 3.21. The molecule has 0 saturated heterocycles. The number of halogens is 3. The van der Waals surface area contributed by atoms with Gasteiger partial charge in [-0.1, -0.05) is 23.4 Å². The second kappa shape index (κ2) is 5.54. The van der Waals surface area contributed by atoms with Crippen molar-refractivity contribution in [2.45, 2.75) is 9.92 Å². The number of pyridine rings is 1. The Balaban J connectivity index is 2.33. The van der Waals surface area contributed by atoms with Gasteiger partial charge in [0.1, 0.15) is 16.7 Å². The van der Waals surface area contributed by atoms with E-state index in [0.717, 1.165) is 23.9 Å². The lowest BCUT2D eigenvalue weighted by molar-refractivity contribution is 0.0696. The van der Waals surface area contributed by atoms with E-state index in [2.05, 4.69) is 4.98 Å². The van der Waals surface area contributed by atoms with Crippen LogP contribution in [0.15, 0.2) is 40.4 Å². The Morgan fingerprint density at radius 1 is 1.32 bits per heavy atom. The van der Waals surface area contributed by atoms with E-state index < -0.39 is 17.6 Å². The van der Waals surface area contributed by atoms with Crippen molar-refractivity contribution in [3.63, 3.8) is 0 Å². The average molecular weight is 302 g/mol. The average Bonchev–Trinajstić information content (AvgIpc) is 2.34. The van der Waals surface area contributed by atoms with E-state index in [1.165, 1.54) is 18.3 Å². The van der Waals surface area contributed by atoms with Gasteiger partial charge in [-0.05, 0) is 18.2 Å². The minimum atomic E-state index is -1.20. The lowest BCUT2D eigenvalue weighted by Gasteiger charge is -2.04. The van der Waals surface area contributed by atoms with Gasteiger partial charge in [0.25, 0.3) is 0 Å². The molecule has 0 unspecified atom stereocenters. The fourth-order valence-corrected chi connectivity index (χ4v) is 2.29. The second-order valence-electron chi connectivity index (χ2n) is 3.48. The van der Waals surface area contributed by atoms with Crippen molar-refractivity contribution >= 4 is 29.3 Å². The highest BCUT2D eigenvalue weighted by molar-refractivity contribution is 7.99. The summed E-state index contributed by atoms with van der Waals surface area (Å²) in [6, 6.07) is 4.35. The van der Waals surface area contributed by atoms with Gasteiger partial charge in [-0.25, -0.2) is 18.6 Å². The lowest BCUT2D eigenvalue weighted by Crippen LogP contribution is -1.98. The summed E-state index contributed by atoms with van der Waals surface area (Å²) in [5.41, 5.74) is -0.123. The standard InChI is InChI=1S/C12H6ClF2NO2S/c13-8-5-16-11(4-7(8)12(17)18)19-10-2-1-6(14)3-9(10)15/h1-5H,(H,17,18). The quantitative estimate of drug-likeness (QED) is 0.935. The lowest BCUT2D eigenvalue weighted by atomic mass is 10.3. The van der Waals surface area contributed by atoms with E-state index in [-0.39, 0.29) is 20.5 Å². The number of carboxylic acid groups (broad SMARTS) is 1. The number of benzene rings is 1. The summed E-state index contributed by atoms with van der Waals surface area (Å²) >= 11 is 6.56. The van der Waals surface area contributed by atoms with Crippen molar-refractivity contribution in [2.75, 3.05) is 0 Å². The molecule has 19 heavy (non-hydrogen) atoms. The van der Waals surface area contributed by atoms with Gasteiger partial charge in [-0.2, -0.15) is 0 Å². The zero-order valence-electron chi connectivity index (χ0n) is 9.23. The molecule has 2 aromatic rings. The van der Waals surface area contributed by atoms with E-state index in [9.17, 15) is 13.6 Å². The Bertz CT molecular complexity index is 652. The molecule has 2 rings (SSSR count). The van der Waals surface area contributed by atoms with Crippen LogP contribution in [0, 0.1) is 11.6 Å². The number of aromatic nitrogens is 1. The van der Waals surface area contributed by atoms with Gasteiger partial charge in [-0.15, -0.1) is 0 Å². The molecule has 0 radical (unpaired) electrons. The Labute approximate surface area is 116 Å². The zero-order valence-corrected chi connectivity index (χ0v) is 10.8. The van der Waals surface area contributed by atoms with Crippen LogP contribution in [0.5, 0.6) is 0 Å². The largest absolute Gasteiger partial charge is 0.478 e. The Hall–Kier alpha value is -1.66. The van der Waals surface area contributed by atoms with Gasteiger partial charge in [0.2, 0.25) is 0 Å². The molecule has 1 aromatic heterocycles. The highest BCUT2D eigenvalue weighted by atomic mass is 35.5. The molecule has 3 nitrogen and oxygen atoms in total. The number of carboxylic acids is 1. The minimum Gasteiger partial charge on any atom is -0.478 e. The van der Waals surface area contributed by atoms with Crippen LogP contribution in [0.25, 0.3) is 0 Å². The molecule has 1 heterocycles. The van der Waals surface area contributed by atoms with Gasteiger partial charge in [0.15, 0.2) is 0 Å². The molecular formula is C12H6ClF2NO2S. The van der Waals surface area contributed by atoms with Crippen LogP contribution in [0.3, 0.4) is 0 Å². The van der Waals surface area contributed by atoms with Gasteiger partial charge < -0.3 is 5.11 Å². The first-order valence-corrected chi connectivity index (χ1v) is 6.18. The molecular weight excluding hydrogens is 296 g/mol. The molecule has 0 aliphatic carbocycles. The van der Waals surface area contributed by atoms with Gasteiger partial charge in [-0.3, -0.25) is 0 Å². The molecule has 0 bridgehead atoms. The van der Waals surface area contributed by atoms with E-state index in [1.807, 2.05) is 0 Å². The molecule has 1 N–H and O–H groups in total. The molecule has 98 valence electrons. The topological polar surface area (TPSA) is 50.2 Å². The van der Waals surface area contributed by atoms with Crippen molar-refractivity contribution in [3.05, 3.63) is 52.7 Å². The fraction of sp³-hybridized carbons (Fsp3) is 0. The zero-order chi connectivity index (χ0) is 14.0. The normalized spacial score (nSPS) is 10.5. The predicted octanol–water partition coefficient (Wildman–Crippen LogP) is 3.86. The maximum atomic E-state index is 13.4. The van der Waals surface area contributed by atoms with Crippen LogP contribution in [-0.4, -0.2) is 16.1 Å². The van der Waals surface area contributed by atoms with E-state index in [0.29, 0.717) is 0 Å². The molecule has 0 amide bonds. The highest BCUT2D eigenvalue weighted by Gasteiger charge is 2.12. The summed E-state index contributed by atoms with van der Waals surface area (Å²) in [7, 11) is 0. The number of aromatic carboxylic acids is 1. The molecule has 7 heteroatoms. The third-order valence-electron chi connectivity index (χ3n) is 2.17. The smallest absolute Gasteiger partial charge is 0.337 e. The van der Waals surface area contributed by atoms with Crippen LogP contribution < -0.4 is 0 Å². The first kappa shape index (κ1) is 13.8. The first-order valence-electron chi connectivity index (χ1n) is 4.99. The van der Waals surface area contributed by atoms with Crippen molar-refractivity contribution in [1.29, 1.82) is 0 Å². The monoisotopic (exact) mass is 301 g/mol. The second-order valence-corrected chi connectivity index (χ2v) is 4.95. The summed E-state index contributed by atoms with van der Waals surface area (Å²) in [6.45, 7) is 0. The van der Waals surface area contributed by atoms with Crippen LogP contribution in [0.4, 0.5) is 8.78 Å². The summed E-state index contributed by atoms with van der Waals surface area (Å²) in [5.74, 6) is -2.62. The summed E-state index contributed by atoms with van der Waals surface area (Å²) in [6.07, 6.45) is 1.18. The number of hydrogen-bond donors (Lipinski definition) is 1. The SMILES string of the molecule is O=C(O)c1cc(Sc2ccc(F)cc2F)ncc1Cl. The van der Waals surface area contributed by atoms with Crippen molar-refractivity contribution in [1.82, 2.24) is 4.98 Å². The first-order chi connectivity index (χ1) is 8.97. The summed E-state index contributed by atoms with van der Waals surface area (Å²) in [5, 5.41) is 9.16. The van der Waals surface area contributed by atoms with Crippen LogP contribution in [0.2, 0.25) is 5.02 Å². The third-order valence-corrected chi connectivity index (χ3v) is 3.45. The number of carbonyl (C=O) groups is 1. The molecule has 0 fully saturated rings. The van der Waals surface area contributed by atoms with E-state index >= 15 is 0 Å². The number of rotatable bonds is 3. The van der Waals surface area contributed by atoms with Gasteiger partial charge in [0, 0.05) is 17.2 Å². The van der Waals surface area contributed by atoms with Gasteiger partial charge in [0.05, 0.1) is 10.6 Å². The number of nitrogens with zero attached hydrogens (tertiary/aromatic N) is 1.